The lowest BCUT2D eigenvalue weighted by Crippen LogP contribution is -2.50. The molecule has 202 valence electrons. The van der Waals surface area contributed by atoms with Crippen LogP contribution in [0.3, 0.4) is 0 Å². The summed E-state index contributed by atoms with van der Waals surface area (Å²) in [6.45, 7) is 14.8. The molecule has 4 heterocycles. The lowest BCUT2D eigenvalue weighted by atomic mass is 10.0. The molecule has 2 fully saturated rings. The normalized spacial score (nSPS) is 18.7. The Hall–Kier alpha value is -3.14. The minimum absolute atomic E-state index is 0.256. The SMILES string of the molecule is C=C1C(Br)=C(C)c2cnc(Nc3ccc(N4CCN(C(=O)OC(C)(C)C)CC4)cn3)nc2N1C1CCCC1. The predicted molar refractivity (Wildman–Crippen MR) is 155 cm³/mol. The molecular weight excluding hydrogens is 546 g/mol. The van der Waals surface area contributed by atoms with Crippen LogP contribution < -0.4 is 15.1 Å². The summed E-state index contributed by atoms with van der Waals surface area (Å²) in [5.41, 5.74) is 3.61. The van der Waals surface area contributed by atoms with Gasteiger partial charge < -0.3 is 24.8 Å². The van der Waals surface area contributed by atoms with Crippen LogP contribution in [0.5, 0.6) is 0 Å². The number of nitrogens with one attached hydrogen (secondary N) is 1. The third kappa shape index (κ3) is 5.50. The van der Waals surface area contributed by atoms with Gasteiger partial charge in [-0.25, -0.2) is 14.8 Å². The van der Waals surface area contributed by atoms with E-state index in [4.69, 9.17) is 9.72 Å². The molecule has 3 aliphatic rings. The Balaban J connectivity index is 1.26. The molecule has 2 aromatic rings. The number of carbonyl (C=O) groups excluding carboxylic acids is 1. The number of amides is 1. The van der Waals surface area contributed by atoms with Gasteiger partial charge in [-0.3, -0.25) is 0 Å². The van der Waals surface area contributed by atoms with Crippen molar-refractivity contribution in [1.29, 1.82) is 0 Å². The van der Waals surface area contributed by atoms with E-state index in [0.717, 1.165) is 58.8 Å². The number of halogens is 1. The Morgan fingerprint density at radius 3 is 2.45 bits per heavy atom. The van der Waals surface area contributed by atoms with Crippen LogP contribution in [0.25, 0.3) is 5.57 Å². The van der Waals surface area contributed by atoms with Crippen LogP contribution >= 0.6 is 15.9 Å². The Kier molecular flexibility index (Phi) is 7.35. The smallest absolute Gasteiger partial charge is 0.410 e. The Morgan fingerprint density at radius 2 is 1.82 bits per heavy atom. The molecule has 1 saturated heterocycles. The molecule has 1 N–H and O–H groups in total. The van der Waals surface area contributed by atoms with Gasteiger partial charge in [0.1, 0.15) is 17.2 Å². The topological polar surface area (TPSA) is 86.7 Å². The molecule has 0 bridgehead atoms. The molecule has 38 heavy (non-hydrogen) atoms. The summed E-state index contributed by atoms with van der Waals surface area (Å²) in [6, 6.07) is 4.37. The Morgan fingerprint density at radius 1 is 1.11 bits per heavy atom. The molecule has 0 unspecified atom stereocenters. The van der Waals surface area contributed by atoms with Gasteiger partial charge in [0.05, 0.1) is 17.6 Å². The van der Waals surface area contributed by atoms with Gasteiger partial charge in [0.25, 0.3) is 0 Å². The van der Waals surface area contributed by atoms with Crippen molar-refractivity contribution in [2.75, 3.05) is 41.3 Å². The maximum Gasteiger partial charge on any atom is 0.410 e. The van der Waals surface area contributed by atoms with Gasteiger partial charge in [-0.05, 0) is 74.2 Å². The van der Waals surface area contributed by atoms with E-state index >= 15 is 0 Å². The summed E-state index contributed by atoms with van der Waals surface area (Å²) in [4.78, 5) is 32.7. The molecule has 2 aliphatic heterocycles. The van der Waals surface area contributed by atoms with Crippen molar-refractivity contribution in [2.24, 2.45) is 0 Å². The largest absolute Gasteiger partial charge is 0.444 e. The van der Waals surface area contributed by atoms with E-state index in [1.807, 2.05) is 45.3 Å². The first kappa shape index (κ1) is 26.5. The Labute approximate surface area is 233 Å². The van der Waals surface area contributed by atoms with Crippen molar-refractivity contribution in [3.05, 3.63) is 46.8 Å². The first-order valence-electron chi connectivity index (χ1n) is 13.3. The van der Waals surface area contributed by atoms with E-state index in [9.17, 15) is 4.79 Å². The number of ether oxygens (including phenoxy) is 1. The van der Waals surface area contributed by atoms with E-state index < -0.39 is 5.60 Å². The van der Waals surface area contributed by atoms with Crippen LogP contribution in [-0.2, 0) is 4.74 Å². The van der Waals surface area contributed by atoms with Gasteiger partial charge in [-0.2, -0.15) is 4.98 Å². The number of hydrogen-bond donors (Lipinski definition) is 1. The molecule has 0 aromatic carbocycles. The van der Waals surface area contributed by atoms with Crippen LogP contribution in [0.2, 0.25) is 0 Å². The summed E-state index contributed by atoms with van der Waals surface area (Å²) in [6.07, 6.45) is 8.21. The zero-order valence-corrected chi connectivity index (χ0v) is 24.2. The number of piperazine rings is 1. The maximum atomic E-state index is 12.4. The monoisotopic (exact) mass is 581 g/mol. The summed E-state index contributed by atoms with van der Waals surface area (Å²) in [7, 11) is 0. The van der Waals surface area contributed by atoms with E-state index in [2.05, 4.69) is 54.5 Å². The highest BCUT2D eigenvalue weighted by molar-refractivity contribution is 9.12. The highest BCUT2D eigenvalue weighted by atomic mass is 79.9. The third-order valence-corrected chi connectivity index (χ3v) is 8.30. The van der Waals surface area contributed by atoms with Gasteiger partial charge in [-0.1, -0.05) is 19.4 Å². The lowest BCUT2D eigenvalue weighted by Gasteiger charge is -2.37. The fraction of sp³-hybridized carbons (Fsp3) is 0.500. The average Bonchev–Trinajstić information content (AvgIpc) is 3.41. The number of allylic oxidation sites excluding steroid dienone is 2. The lowest BCUT2D eigenvalue weighted by molar-refractivity contribution is 0.0240. The fourth-order valence-corrected chi connectivity index (χ4v) is 5.65. The van der Waals surface area contributed by atoms with Gasteiger partial charge >= 0.3 is 6.09 Å². The molecule has 10 heteroatoms. The molecule has 1 aliphatic carbocycles. The quantitative estimate of drug-likeness (QED) is 0.465. The maximum absolute atomic E-state index is 12.4. The number of fused-ring (bicyclic) bond motifs is 1. The van der Waals surface area contributed by atoms with Crippen molar-refractivity contribution >= 4 is 50.9 Å². The van der Waals surface area contributed by atoms with Gasteiger partial charge in [0, 0.05) is 48.5 Å². The van der Waals surface area contributed by atoms with Gasteiger partial charge in [-0.15, -0.1) is 0 Å². The summed E-state index contributed by atoms with van der Waals surface area (Å²) in [5, 5.41) is 3.27. The second-order valence-corrected chi connectivity index (χ2v) is 11.9. The highest BCUT2D eigenvalue weighted by Gasteiger charge is 2.33. The molecule has 5 rings (SSSR count). The molecule has 0 spiro atoms. The minimum Gasteiger partial charge on any atom is -0.444 e. The number of anilines is 4. The van der Waals surface area contributed by atoms with E-state index in [1.165, 1.54) is 12.8 Å². The zero-order chi connectivity index (χ0) is 27.0. The van der Waals surface area contributed by atoms with Crippen LogP contribution in [0, 0.1) is 0 Å². The summed E-state index contributed by atoms with van der Waals surface area (Å²) >= 11 is 3.74. The average molecular weight is 583 g/mol. The van der Waals surface area contributed by atoms with E-state index in [-0.39, 0.29) is 6.09 Å². The van der Waals surface area contributed by atoms with Crippen LogP contribution in [-0.4, -0.2) is 63.8 Å². The number of aromatic nitrogens is 3. The zero-order valence-electron chi connectivity index (χ0n) is 22.6. The molecule has 1 saturated carbocycles. The Bertz CT molecular complexity index is 1240. The number of hydrogen-bond acceptors (Lipinski definition) is 8. The van der Waals surface area contributed by atoms with Crippen molar-refractivity contribution in [3.8, 4) is 0 Å². The summed E-state index contributed by atoms with van der Waals surface area (Å²) in [5.74, 6) is 2.09. The third-order valence-electron chi connectivity index (χ3n) is 7.25. The van der Waals surface area contributed by atoms with Gasteiger partial charge in [0.2, 0.25) is 5.95 Å². The van der Waals surface area contributed by atoms with Crippen LogP contribution in [0.15, 0.2) is 41.3 Å². The van der Waals surface area contributed by atoms with E-state index in [0.29, 0.717) is 30.9 Å². The van der Waals surface area contributed by atoms with Gasteiger partial charge in [0.15, 0.2) is 0 Å². The molecule has 9 nitrogen and oxygen atoms in total. The van der Waals surface area contributed by atoms with Crippen LogP contribution in [0.4, 0.5) is 28.1 Å². The standard InChI is InChI=1S/C28H36BrN7O2/c1-18-22-17-31-26(33-25(22)36(19(2)24(18)29)20-8-6-7-9-20)32-23-11-10-21(16-30-23)34-12-14-35(15-13-34)27(37)38-28(3,4)5/h10-11,16-17,20H,2,6-9,12-15H2,1,3-5H3,(H,30,31,32,33). The van der Waals surface area contributed by atoms with Crippen molar-refractivity contribution in [3.63, 3.8) is 0 Å². The molecular formula is C28H36BrN7O2. The molecule has 2 aromatic heterocycles. The summed E-state index contributed by atoms with van der Waals surface area (Å²) < 4.78 is 6.52. The van der Waals surface area contributed by atoms with Crippen molar-refractivity contribution in [2.45, 2.75) is 65.0 Å². The first-order chi connectivity index (χ1) is 18.1. The highest BCUT2D eigenvalue weighted by Crippen LogP contribution is 2.44. The number of carbonyl (C=O) groups is 1. The molecule has 0 atom stereocenters. The fourth-order valence-electron chi connectivity index (χ4n) is 5.24. The molecule has 1 amide bonds. The van der Waals surface area contributed by atoms with E-state index in [1.54, 1.807) is 4.90 Å². The van der Waals surface area contributed by atoms with Crippen molar-refractivity contribution in [1.82, 2.24) is 19.9 Å². The second kappa shape index (κ2) is 10.6. The minimum atomic E-state index is -0.488. The number of rotatable bonds is 4. The van der Waals surface area contributed by atoms with Crippen LogP contribution in [0.1, 0.15) is 58.9 Å². The number of pyridine rings is 1. The first-order valence-corrected chi connectivity index (χ1v) is 14.1. The number of nitrogens with zero attached hydrogens (tertiary/aromatic N) is 6. The molecule has 0 radical (unpaired) electrons. The predicted octanol–water partition coefficient (Wildman–Crippen LogP) is 6.07. The second-order valence-electron chi connectivity index (χ2n) is 11.1. The van der Waals surface area contributed by atoms with Crippen molar-refractivity contribution < 1.29 is 9.53 Å².